The number of amides is 1. The molecule has 1 fully saturated rings. The van der Waals surface area contributed by atoms with Gasteiger partial charge in [0.2, 0.25) is 5.91 Å². The zero-order valence-corrected chi connectivity index (χ0v) is 32.5. The van der Waals surface area contributed by atoms with E-state index in [0.29, 0.717) is 30.8 Å². The molecule has 49 heavy (non-hydrogen) atoms. The van der Waals surface area contributed by atoms with Crippen LogP contribution in [0.25, 0.3) is 0 Å². The number of ether oxygens (including phenoxy) is 1. The molecule has 4 aromatic rings. The Morgan fingerprint density at radius 2 is 1.57 bits per heavy atom. The molecule has 1 aromatic heterocycles. The highest BCUT2D eigenvalue weighted by molar-refractivity contribution is 6.99. The number of anilines is 2. The maximum absolute atomic E-state index is 12.5. The van der Waals surface area contributed by atoms with E-state index < -0.39 is 8.32 Å². The molecule has 1 amide bonds. The zero-order valence-electron chi connectivity index (χ0n) is 29.4. The van der Waals surface area contributed by atoms with Crippen molar-refractivity contribution < 1.29 is 42.5 Å². The molecule has 0 radical (unpaired) electrons. The lowest BCUT2D eigenvalue weighted by molar-refractivity contribution is -0.941. The van der Waals surface area contributed by atoms with E-state index in [1.54, 1.807) is 20.4 Å². The smallest absolute Gasteiger partial charge is 0.261 e. The highest BCUT2D eigenvalue weighted by atomic mass is 127. The van der Waals surface area contributed by atoms with Gasteiger partial charge in [0.15, 0.2) is 5.82 Å². The lowest BCUT2D eigenvalue weighted by Crippen LogP contribution is -3.00. The number of carbonyl (C=O) groups is 1. The van der Waals surface area contributed by atoms with E-state index >= 15 is 0 Å². The van der Waals surface area contributed by atoms with Crippen LogP contribution in [0.15, 0.2) is 91.3 Å². The summed E-state index contributed by atoms with van der Waals surface area (Å²) in [5.41, 5.74) is 2.28. The Kier molecular flexibility index (Phi) is 11.7. The van der Waals surface area contributed by atoms with Crippen LogP contribution in [0.4, 0.5) is 11.6 Å². The molecule has 1 unspecified atom stereocenters. The Morgan fingerprint density at radius 3 is 2.16 bits per heavy atom. The number of rotatable bonds is 11. The van der Waals surface area contributed by atoms with Gasteiger partial charge in [-0.25, -0.2) is 19.6 Å². The maximum Gasteiger partial charge on any atom is 0.261 e. The first-order valence-electron chi connectivity index (χ1n) is 17.0. The normalized spacial score (nSPS) is 17.4. The summed E-state index contributed by atoms with van der Waals surface area (Å²) in [7, 11) is -0.963. The molecule has 11 heteroatoms. The Labute approximate surface area is 309 Å². The Hall–Kier alpha value is -3.52. The van der Waals surface area contributed by atoms with Crippen LogP contribution in [0.3, 0.4) is 0 Å². The molecule has 2 aliphatic heterocycles. The summed E-state index contributed by atoms with van der Waals surface area (Å²) in [6, 6.07) is 29.8. The standard InChI is InChI=1S/C38H49N6O3Si.HI/c1-30(45)42-21-22-43-37-35(36(40-29-41-37)39-27-31-17-19-32(46-5)20-18-31)28-44(43,25-23-42)24-12-26-47-48(38(2,3)4,33-13-8-6-9-14-33)34-15-10-7-11-16-34;/h6-11,13-20,29H,12,21-28H2,1-5H3,(H,39,40,41);1H/q+1;/p-1. The average molecular weight is 793 g/mol. The second kappa shape index (κ2) is 15.6. The zero-order chi connectivity index (χ0) is 33.8. The van der Waals surface area contributed by atoms with Crippen LogP contribution in [0.5, 0.6) is 5.75 Å². The molecular weight excluding hydrogens is 743 g/mol. The third-order valence-electron chi connectivity index (χ3n) is 10.0. The van der Waals surface area contributed by atoms with Crippen molar-refractivity contribution in [3.63, 3.8) is 0 Å². The number of halogens is 1. The van der Waals surface area contributed by atoms with Crippen LogP contribution < -0.4 is 49.4 Å². The quantitative estimate of drug-likeness (QED) is 0.108. The molecule has 1 saturated heterocycles. The van der Waals surface area contributed by atoms with Gasteiger partial charge in [-0.2, -0.15) is 0 Å². The van der Waals surface area contributed by atoms with Gasteiger partial charge >= 0.3 is 0 Å². The van der Waals surface area contributed by atoms with Gasteiger partial charge in [-0.05, 0) is 33.1 Å². The molecule has 0 aliphatic carbocycles. The molecule has 9 nitrogen and oxygen atoms in total. The summed E-state index contributed by atoms with van der Waals surface area (Å²) in [6.45, 7) is 14.5. The second-order valence-corrected chi connectivity index (χ2v) is 18.2. The van der Waals surface area contributed by atoms with Crippen molar-refractivity contribution in [3.8, 4) is 5.75 Å². The van der Waals surface area contributed by atoms with Crippen LogP contribution in [0, 0.1) is 0 Å². The molecule has 1 N–H and O–H groups in total. The predicted octanol–water partition coefficient (Wildman–Crippen LogP) is 1.98. The van der Waals surface area contributed by atoms with Crippen molar-refractivity contribution in [1.82, 2.24) is 14.9 Å². The third kappa shape index (κ3) is 7.49. The molecule has 0 spiro atoms. The summed E-state index contributed by atoms with van der Waals surface area (Å²) in [4.78, 5) is 24.0. The summed E-state index contributed by atoms with van der Waals surface area (Å²) >= 11 is 0. The first-order chi connectivity index (χ1) is 23.2. The number of quaternary nitrogens is 1. The molecule has 6 rings (SSSR count). The number of carbonyl (C=O) groups excluding carboxylic acids is 1. The minimum Gasteiger partial charge on any atom is -1.00 e. The molecule has 260 valence electrons. The van der Waals surface area contributed by atoms with Crippen LogP contribution >= 0.6 is 0 Å². The number of nitrogens with one attached hydrogen (secondary N) is 1. The molecule has 0 saturated carbocycles. The van der Waals surface area contributed by atoms with Gasteiger partial charge in [-0.3, -0.25) is 4.79 Å². The molecule has 0 bridgehead atoms. The van der Waals surface area contributed by atoms with Crippen LogP contribution in [-0.2, 0) is 22.3 Å². The number of aromatic nitrogens is 2. The number of methoxy groups -OCH3 is 1. The molecular formula is C38H49IN6O3Si. The summed E-state index contributed by atoms with van der Waals surface area (Å²) in [5.74, 6) is 2.79. The van der Waals surface area contributed by atoms with Gasteiger partial charge in [0.1, 0.15) is 37.5 Å². The van der Waals surface area contributed by atoms with E-state index in [9.17, 15) is 4.79 Å². The minimum absolute atomic E-state index is 0. The number of hydrogen-bond donors (Lipinski definition) is 1. The van der Waals surface area contributed by atoms with E-state index in [-0.39, 0.29) is 34.9 Å². The van der Waals surface area contributed by atoms with Crippen molar-refractivity contribution in [1.29, 1.82) is 0 Å². The van der Waals surface area contributed by atoms with Gasteiger partial charge in [0, 0.05) is 33.0 Å². The molecule has 3 heterocycles. The SMILES string of the molecule is COc1ccc(CNc2ncnc3c2C[N+]2(CCCO[Si](c4ccccc4)(c4ccccc4)C(C)(C)C)CCN(C(C)=O)CCN32)cc1.[I-]. The maximum atomic E-state index is 12.5. The van der Waals surface area contributed by atoms with E-state index in [2.05, 4.69) is 104 Å². The van der Waals surface area contributed by atoms with E-state index in [1.807, 2.05) is 17.0 Å². The lowest BCUT2D eigenvalue weighted by atomic mass is 10.2. The topological polar surface area (TPSA) is 79.8 Å². The van der Waals surface area contributed by atoms with Crippen molar-refractivity contribution >= 4 is 36.2 Å². The van der Waals surface area contributed by atoms with Gasteiger partial charge in [-0.1, -0.05) is 93.6 Å². The molecule has 2 aliphatic rings. The fourth-order valence-electron chi connectivity index (χ4n) is 7.56. The number of nitrogens with zero attached hydrogens (tertiary/aromatic N) is 5. The fourth-order valence-corrected chi connectivity index (χ4v) is 12.2. The van der Waals surface area contributed by atoms with E-state index in [0.717, 1.165) is 61.1 Å². The first-order valence-corrected chi connectivity index (χ1v) is 18.9. The number of hydrogen-bond acceptors (Lipinski definition) is 7. The Morgan fingerprint density at radius 1 is 0.918 bits per heavy atom. The van der Waals surface area contributed by atoms with Crippen LogP contribution in [-0.4, -0.2) is 80.1 Å². The largest absolute Gasteiger partial charge is 1.00 e. The minimum atomic E-state index is -2.64. The van der Waals surface area contributed by atoms with Crippen molar-refractivity contribution in [2.75, 3.05) is 56.8 Å². The monoisotopic (exact) mass is 792 g/mol. The van der Waals surface area contributed by atoms with Crippen molar-refractivity contribution in [3.05, 3.63) is 102 Å². The first kappa shape index (κ1) is 36.7. The fraction of sp³-hybridized carbons (Fsp3) is 0.395. The Balaban J connectivity index is 0.00000468. The highest BCUT2D eigenvalue weighted by Crippen LogP contribution is 2.41. The highest BCUT2D eigenvalue weighted by Gasteiger charge is 2.51. The second-order valence-electron chi connectivity index (χ2n) is 13.9. The number of fused-ring (bicyclic) bond motifs is 3. The van der Waals surface area contributed by atoms with Gasteiger partial charge < -0.3 is 43.4 Å². The van der Waals surface area contributed by atoms with E-state index in [4.69, 9.17) is 19.1 Å². The molecule has 3 aromatic carbocycles. The predicted molar refractivity (Wildman–Crippen MR) is 194 cm³/mol. The van der Waals surface area contributed by atoms with Crippen molar-refractivity contribution in [2.45, 2.75) is 52.2 Å². The summed E-state index contributed by atoms with van der Waals surface area (Å²) in [5, 5.41) is 8.52. The lowest BCUT2D eigenvalue weighted by Gasteiger charge is -2.43. The summed E-state index contributed by atoms with van der Waals surface area (Å²) < 4.78 is 13.3. The van der Waals surface area contributed by atoms with Crippen molar-refractivity contribution in [2.24, 2.45) is 0 Å². The van der Waals surface area contributed by atoms with Crippen LogP contribution in [0.1, 0.15) is 45.2 Å². The van der Waals surface area contributed by atoms with Gasteiger partial charge in [0.25, 0.3) is 8.32 Å². The summed E-state index contributed by atoms with van der Waals surface area (Å²) in [6.07, 6.45) is 2.53. The third-order valence-corrected chi connectivity index (χ3v) is 15.1. The Bertz CT molecular complexity index is 1650. The van der Waals surface area contributed by atoms with Gasteiger partial charge in [-0.15, -0.1) is 0 Å². The van der Waals surface area contributed by atoms with Gasteiger partial charge in [0.05, 0.1) is 25.8 Å². The van der Waals surface area contributed by atoms with Crippen LogP contribution in [0.2, 0.25) is 5.04 Å². The number of benzene rings is 3. The van der Waals surface area contributed by atoms with E-state index in [1.165, 1.54) is 10.4 Å². The average Bonchev–Trinajstić information content (AvgIpc) is 3.28. The molecule has 1 atom stereocenters.